The largest absolute Gasteiger partial charge is 0.224 e. The fraction of sp³-hybridized carbons (Fsp3) is 0.143. The highest BCUT2D eigenvalue weighted by atomic mass is 35.5. The number of alkyl halides is 2. The van der Waals surface area contributed by atoms with Gasteiger partial charge in [0.1, 0.15) is 0 Å². The molecule has 84 valence electrons. The third kappa shape index (κ3) is 2.34. The molecule has 0 aromatic heterocycles. The van der Waals surface area contributed by atoms with Gasteiger partial charge in [-0.3, -0.25) is 0 Å². The van der Waals surface area contributed by atoms with E-state index in [1.54, 1.807) is 0 Å². The average molecular weight is 267 g/mol. The van der Waals surface area contributed by atoms with E-state index < -0.39 is 38.9 Å². The summed E-state index contributed by atoms with van der Waals surface area (Å²) in [5.74, 6) is -10.7. The maximum atomic E-state index is 12.8. The fourth-order valence-corrected chi connectivity index (χ4v) is 1.61. The van der Waals surface area contributed by atoms with Crippen LogP contribution in [-0.4, -0.2) is 4.96 Å². The highest BCUT2D eigenvalue weighted by Gasteiger charge is 2.27. The standard InChI is InChI=1S/C7HClF6S/c8-7(14)15-6-4(12)2(10)1(9)3(11)5(6)13/h7H. The summed E-state index contributed by atoms with van der Waals surface area (Å²) < 4.78 is 75.3. The number of benzene rings is 1. The topological polar surface area (TPSA) is 0 Å². The Bertz CT molecular complexity index is 365. The van der Waals surface area contributed by atoms with Crippen LogP contribution in [0.25, 0.3) is 0 Å². The van der Waals surface area contributed by atoms with E-state index >= 15 is 0 Å². The van der Waals surface area contributed by atoms with Crippen LogP contribution in [0.4, 0.5) is 26.3 Å². The first-order valence-electron chi connectivity index (χ1n) is 3.32. The van der Waals surface area contributed by atoms with Crippen LogP contribution in [0.5, 0.6) is 0 Å². The molecule has 0 nitrogen and oxygen atoms in total. The Morgan fingerprint density at radius 3 is 1.47 bits per heavy atom. The van der Waals surface area contributed by atoms with Crippen molar-refractivity contribution in [2.75, 3.05) is 0 Å². The van der Waals surface area contributed by atoms with Crippen molar-refractivity contribution in [2.45, 2.75) is 9.86 Å². The molecule has 1 unspecified atom stereocenters. The molecule has 0 aliphatic heterocycles. The predicted molar refractivity (Wildman–Crippen MR) is 42.8 cm³/mol. The molecule has 0 spiro atoms. The van der Waals surface area contributed by atoms with Crippen molar-refractivity contribution in [1.29, 1.82) is 0 Å². The zero-order chi connectivity index (χ0) is 11.7. The van der Waals surface area contributed by atoms with E-state index in [1.165, 1.54) is 0 Å². The zero-order valence-corrected chi connectivity index (χ0v) is 8.20. The molecule has 0 saturated heterocycles. The van der Waals surface area contributed by atoms with Crippen LogP contribution in [0.3, 0.4) is 0 Å². The van der Waals surface area contributed by atoms with Crippen LogP contribution in [-0.2, 0) is 0 Å². The molecule has 1 atom stereocenters. The summed E-state index contributed by atoms with van der Waals surface area (Å²) in [6, 6.07) is 0. The fourth-order valence-electron chi connectivity index (χ4n) is 0.777. The molecule has 1 aromatic rings. The third-order valence-electron chi connectivity index (χ3n) is 1.38. The first kappa shape index (κ1) is 12.5. The summed E-state index contributed by atoms with van der Waals surface area (Å²) in [4.78, 5) is -3.65. The molecule has 1 rings (SSSR count). The Balaban J connectivity index is 3.39. The van der Waals surface area contributed by atoms with E-state index in [9.17, 15) is 26.3 Å². The van der Waals surface area contributed by atoms with Gasteiger partial charge in [0, 0.05) is 0 Å². The minimum absolute atomic E-state index is 0.309. The molecular weight excluding hydrogens is 266 g/mol. The summed E-state index contributed by atoms with van der Waals surface area (Å²) in [7, 11) is 0. The van der Waals surface area contributed by atoms with Gasteiger partial charge < -0.3 is 0 Å². The van der Waals surface area contributed by atoms with Crippen molar-refractivity contribution in [3.63, 3.8) is 0 Å². The Hall–Kier alpha value is -0.560. The van der Waals surface area contributed by atoms with E-state index in [0.717, 1.165) is 0 Å². The van der Waals surface area contributed by atoms with E-state index in [-0.39, 0.29) is 11.8 Å². The summed E-state index contributed by atoms with van der Waals surface area (Å²) >= 11 is 4.42. The summed E-state index contributed by atoms with van der Waals surface area (Å²) in [5.41, 5.74) is 0. The smallest absolute Gasteiger partial charge is 0.217 e. The molecule has 0 amide bonds. The van der Waals surface area contributed by atoms with Crippen molar-refractivity contribution < 1.29 is 26.3 Å². The molecule has 0 aliphatic rings. The molecule has 0 aliphatic carbocycles. The van der Waals surface area contributed by atoms with Crippen molar-refractivity contribution in [3.05, 3.63) is 29.1 Å². The van der Waals surface area contributed by atoms with Crippen molar-refractivity contribution in [3.8, 4) is 0 Å². The molecule has 0 N–H and O–H groups in total. The second-order valence-electron chi connectivity index (χ2n) is 2.28. The van der Waals surface area contributed by atoms with Gasteiger partial charge >= 0.3 is 0 Å². The minimum atomic E-state index is -2.31. The van der Waals surface area contributed by atoms with Gasteiger partial charge in [0.25, 0.3) is 0 Å². The first-order chi connectivity index (χ1) is 6.86. The van der Waals surface area contributed by atoms with Gasteiger partial charge in [-0.1, -0.05) is 23.4 Å². The van der Waals surface area contributed by atoms with Crippen LogP contribution in [0.1, 0.15) is 0 Å². The van der Waals surface area contributed by atoms with Crippen LogP contribution in [0.2, 0.25) is 0 Å². The van der Waals surface area contributed by atoms with Gasteiger partial charge in [0.2, 0.25) is 10.8 Å². The molecule has 0 saturated carbocycles. The molecule has 15 heavy (non-hydrogen) atoms. The van der Waals surface area contributed by atoms with Gasteiger partial charge in [-0.25, -0.2) is 26.3 Å². The Morgan fingerprint density at radius 1 is 0.800 bits per heavy atom. The normalized spacial score (nSPS) is 13.0. The van der Waals surface area contributed by atoms with Crippen LogP contribution >= 0.6 is 23.4 Å². The highest BCUT2D eigenvalue weighted by molar-refractivity contribution is 8.00. The first-order valence-corrected chi connectivity index (χ1v) is 4.64. The van der Waals surface area contributed by atoms with Gasteiger partial charge in [-0.15, -0.1) is 0 Å². The second kappa shape index (κ2) is 4.52. The van der Waals surface area contributed by atoms with Crippen molar-refractivity contribution in [2.24, 2.45) is 0 Å². The summed E-state index contributed by atoms with van der Waals surface area (Å²) in [5, 5.41) is 0. The van der Waals surface area contributed by atoms with Crippen LogP contribution < -0.4 is 0 Å². The Morgan fingerprint density at radius 2 is 1.13 bits per heavy atom. The maximum absolute atomic E-state index is 12.8. The van der Waals surface area contributed by atoms with Gasteiger partial charge in [0.15, 0.2) is 23.3 Å². The monoisotopic (exact) mass is 266 g/mol. The lowest BCUT2D eigenvalue weighted by molar-refractivity contribution is 0.360. The van der Waals surface area contributed by atoms with E-state index in [1.807, 2.05) is 0 Å². The molecule has 0 heterocycles. The predicted octanol–water partition coefficient (Wildman–Crippen LogP) is 3.97. The minimum Gasteiger partial charge on any atom is -0.217 e. The van der Waals surface area contributed by atoms with Crippen LogP contribution in [0, 0.1) is 29.1 Å². The SMILES string of the molecule is Fc1c(F)c(F)c(SC(F)Cl)c(F)c1F. The van der Waals surface area contributed by atoms with E-state index in [2.05, 4.69) is 0 Å². The van der Waals surface area contributed by atoms with E-state index in [0.29, 0.717) is 0 Å². The number of hydrogen-bond acceptors (Lipinski definition) is 1. The summed E-state index contributed by atoms with van der Waals surface area (Å²) in [6.07, 6.45) is 0. The van der Waals surface area contributed by atoms with Gasteiger partial charge in [-0.2, -0.15) is 0 Å². The van der Waals surface area contributed by atoms with Gasteiger partial charge in [0.05, 0.1) is 4.90 Å². The lowest BCUT2D eigenvalue weighted by Crippen LogP contribution is -2.04. The third-order valence-corrected chi connectivity index (χ3v) is 2.42. The molecule has 0 bridgehead atoms. The number of thioether (sulfide) groups is 1. The maximum Gasteiger partial charge on any atom is 0.224 e. The Kier molecular flexibility index (Phi) is 3.77. The number of halogens is 7. The lowest BCUT2D eigenvalue weighted by atomic mass is 10.3. The second-order valence-corrected chi connectivity index (χ2v) is 3.98. The number of hydrogen-bond donors (Lipinski definition) is 0. The van der Waals surface area contributed by atoms with Crippen molar-refractivity contribution >= 4 is 23.4 Å². The molecule has 1 aromatic carbocycles. The molecule has 8 heteroatoms. The van der Waals surface area contributed by atoms with Crippen molar-refractivity contribution in [1.82, 2.24) is 0 Å². The van der Waals surface area contributed by atoms with Gasteiger partial charge in [-0.05, 0) is 0 Å². The van der Waals surface area contributed by atoms with E-state index in [4.69, 9.17) is 11.6 Å². The lowest BCUT2D eigenvalue weighted by Gasteiger charge is -2.06. The molecule has 0 fully saturated rings. The number of rotatable bonds is 2. The summed E-state index contributed by atoms with van der Waals surface area (Å²) in [6.45, 7) is 0. The molecular formula is C7HClF6S. The zero-order valence-electron chi connectivity index (χ0n) is 6.63. The quantitative estimate of drug-likeness (QED) is 0.257. The molecule has 0 radical (unpaired) electrons. The average Bonchev–Trinajstić information content (AvgIpc) is 2.18. The Labute approximate surface area is 89.2 Å². The van der Waals surface area contributed by atoms with Crippen LogP contribution in [0.15, 0.2) is 4.90 Å². The highest BCUT2D eigenvalue weighted by Crippen LogP contribution is 2.34.